The molecule has 2 rings (SSSR count). The SMILES string of the molecule is COc1ccc(Br)cc1NC(=O)COc1ccc(Cl)cc1C. The number of ether oxygens (including phenoxy) is 2. The second-order valence-electron chi connectivity index (χ2n) is 4.59. The molecule has 22 heavy (non-hydrogen) atoms. The summed E-state index contributed by atoms with van der Waals surface area (Å²) in [5.41, 5.74) is 1.46. The third-order valence-electron chi connectivity index (χ3n) is 2.93. The zero-order valence-corrected chi connectivity index (χ0v) is 14.5. The Morgan fingerprint density at radius 1 is 1.23 bits per heavy atom. The van der Waals surface area contributed by atoms with Crippen LogP contribution in [0.4, 0.5) is 5.69 Å². The molecule has 0 bridgehead atoms. The molecule has 0 saturated carbocycles. The van der Waals surface area contributed by atoms with Gasteiger partial charge in [-0.25, -0.2) is 0 Å². The smallest absolute Gasteiger partial charge is 0.262 e. The Hall–Kier alpha value is -1.72. The van der Waals surface area contributed by atoms with Crippen LogP contribution in [0.25, 0.3) is 0 Å². The van der Waals surface area contributed by atoms with Crippen LogP contribution in [0.15, 0.2) is 40.9 Å². The quantitative estimate of drug-likeness (QED) is 0.829. The first-order chi connectivity index (χ1) is 10.5. The van der Waals surface area contributed by atoms with Crippen LogP contribution >= 0.6 is 27.5 Å². The number of amides is 1. The van der Waals surface area contributed by atoms with Gasteiger partial charge in [-0.1, -0.05) is 27.5 Å². The molecule has 6 heteroatoms. The van der Waals surface area contributed by atoms with Crippen molar-refractivity contribution >= 4 is 39.1 Å². The van der Waals surface area contributed by atoms with Gasteiger partial charge in [0.15, 0.2) is 6.61 Å². The van der Waals surface area contributed by atoms with Gasteiger partial charge in [0.05, 0.1) is 12.8 Å². The summed E-state index contributed by atoms with van der Waals surface area (Å²) in [6, 6.07) is 10.6. The third kappa shape index (κ3) is 4.39. The molecule has 4 nitrogen and oxygen atoms in total. The largest absolute Gasteiger partial charge is 0.495 e. The lowest BCUT2D eigenvalue weighted by Crippen LogP contribution is -2.20. The van der Waals surface area contributed by atoms with Gasteiger partial charge < -0.3 is 14.8 Å². The molecule has 0 aliphatic heterocycles. The summed E-state index contributed by atoms with van der Waals surface area (Å²) in [6.45, 7) is 1.77. The average Bonchev–Trinajstić information content (AvgIpc) is 2.46. The van der Waals surface area contributed by atoms with Crippen molar-refractivity contribution in [1.29, 1.82) is 0 Å². The molecule has 0 aromatic heterocycles. The number of anilines is 1. The van der Waals surface area contributed by atoms with Crippen molar-refractivity contribution in [3.05, 3.63) is 51.5 Å². The van der Waals surface area contributed by atoms with Gasteiger partial charge >= 0.3 is 0 Å². The van der Waals surface area contributed by atoms with Crippen molar-refractivity contribution < 1.29 is 14.3 Å². The summed E-state index contributed by atoms with van der Waals surface area (Å²) in [5.74, 6) is 0.936. The predicted molar refractivity (Wildman–Crippen MR) is 91.0 cm³/mol. The number of carbonyl (C=O) groups is 1. The summed E-state index contributed by atoms with van der Waals surface area (Å²) in [7, 11) is 1.55. The van der Waals surface area contributed by atoms with Crippen molar-refractivity contribution in [2.45, 2.75) is 6.92 Å². The van der Waals surface area contributed by atoms with E-state index in [2.05, 4.69) is 21.2 Å². The Kier molecular flexibility index (Phi) is 5.69. The summed E-state index contributed by atoms with van der Waals surface area (Å²) >= 11 is 9.24. The molecule has 0 fully saturated rings. The van der Waals surface area contributed by atoms with Crippen LogP contribution in [0.3, 0.4) is 0 Å². The molecular weight excluding hydrogens is 370 g/mol. The second kappa shape index (κ2) is 7.51. The minimum Gasteiger partial charge on any atom is -0.495 e. The summed E-state index contributed by atoms with van der Waals surface area (Å²) in [6.07, 6.45) is 0. The highest BCUT2D eigenvalue weighted by Gasteiger charge is 2.10. The minimum atomic E-state index is -0.272. The van der Waals surface area contributed by atoms with E-state index >= 15 is 0 Å². The predicted octanol–water partition coefficient (Wildman–Crippen LogP) is 4.44. The number of methoxy groups -OCH3 is 1. The van der Waals surface area contributed by atoms with E-state index in [-0.39, 0.29) is 12.5 Å². The van der Waals surface area contributed by atoms with E-state index in [9.17, 15) is 4.79 Å². The Bertz CT molecular complexity index is 691. The summed E-state index contributed by atoms with van der Waals surface area (Å²) in [5, 5.41) is 3.39. The molecule has 0 aliphatic carbocycles. The van der Waals surface area contributed by atoms with Crippen LogP contribution in [0, 0.1) is 6.92 Å². The molecule has 1 N–H and O–H groups in total. The van der Waals surface area contributed by atoms with Gasteiger partial charge in [0, 0.05) is 9.50 Å². The van der Waals surface area contributed by atoms with Crippen molar-refractivity contribution in [2.24, 2.45) is 0 Å². The Morgan fingerprint density at radius 3 is 2.64 bits per heavy atom. The minimum absolute atomic E-state index is 0.0991. The lowest BCUT2D eigenvalue weighted by molar-refractivity contribution is -0.118. The fourth-order valence-electron chi connectivity index (χ4n) is 1.88. The molecule has 116 valence electrons. The highest BCUT2D eigenvalue weighted by atomic mass is 79.9. The van der Waals surface area contributed by atoms with Crippen LogP contribution in [0.1, 0.15) is 5.56 Å². The third-order valence-corrected chi connectivity index (χ3v) is 3.66. The van der Waals surface area contributed by atoms with Crippen LogP contribution in [0.5, 0.6) is 11.5 Å². The van der Waals surface area contributed by atoms with E-state index in [1.54, 1.807) is 37.4 Å². The lowest BCUT2D eigenvalue weighted by atomic mass is 10.2. The van der Waals surface area contributed by atoms with E-state index < -0.39 is 0 Å². The maximum Gasteiger partial charge on any atom is 0.262 e. The zero-order chi connectivity index (χ0) is 16.1. The molecular formula is C16H15BrClNO3. The molecule has 2 aromatic rings. The fraction of sp³-hybridized carbons (Fsp3) is 0.188. The number of hydrogen-bond donors (Lipinski definition) is 1. The van der Waals surface area contributed by atoms with Crippen molar-refractivity contribution in [2.75, 3.05) is 19.0 Å². The van der Waals surface area contributed by atoms with Gasteiger partial charge in [0.1, 0.15) is 11.5 Å². The lowest BCUT2D eigenvalue weighted by Gasteiger charge is -2.12. The van der Waals surface area contributed by atoms with E-state index in [1.165, 1.54) is 0 Å². The molecule has 0 spiro atoms. The van der Waals surface area contributed by atoms with E-state index in [0.29, 0.717) is 22.2 Å². The first-order valence-electron chi connectivity index (χ1n) is 6.52. The maximum atomic E-state index is 12.0. The van der Waals surface area contributed by atoms with E-state index in [0.717, 1.165) is 10.0 Å². The number of nitrogens with one attached hydrogen (secondary N) is 1. The number of aryl methyl sites for hydroxylation is 1. The standard InChI is InChI=1S/C16H15BrClNO3/c1-10-7-12(18)4-6-14(10)22-9-16(20)19-13-8-11(17)3-5-15(13)21-2/h3-8H,9H2,1-2H3,(H,19,20). The Morgan fingerprint density at radius 2 is 1.95 bits per heavy atom. The molecule has 0 radical (unpaired) electrons. The number of benzene rings is 2. The molecule has 0 atom stereocenters. The number of carbonyl (C=O) groups excluding carboxylic acids is 1. The van der Waals surface area contributed by atoms with Crippen LogP contribution in [-0.4, -0.2) is 19.6 Å². The average molecular weight is 385 g/mol. The highest BCUT2D eigenvalue weighted by molar-refractivity contribution is 9.10. The molecule has 2 aromatic carbocycles. The highest BCUT2D eigenvalue weighted by Crippen LogP contribution is 2.28. The van der Waals surface area contributed by atoms with E-state index in [4.69, 9.17) is 21.1 Å². The van der Waals surface area contributed by atoms with Crippen LogP contribution in [-0.2, 0) is 4.79 Å². The zero-order valence-electron chi connectivity index (χ0n) is 12.2. The topological polar surface area (TPSA) is 47.6 Å². The van der Waals surface area contributed by atoms with Gasteiger partial charge in [0.2, 0.25) is 0 Å². The normalized spacial score (nSPS) is 10.2. The second-order valence-corrected chi connectivity index (χ2v) is 5.94. The number of rotatable bonds is 5. The van der Waals surface area contributed by atoms with Gasteiger partial charge in [-0.05, 0) is 48.9 Å². The van der Waals surface area contributed by atoms with Crippen molar-refractivity contribution in [3.8, 4) is 11.5 Å². The van der Waals surface area contributed by atoms with Crippen molar-refractivity contribution in [3.63, 3.8) is 0 Å². The van der Waals surface area contributed by atoms with Gasteiger partial charge in [-0.2, -0.15) is 0 Å². The van der Waals surface area contributed by atoms with Crippen LogP contribution < -0.4 is 14.8 Å². The maximum absolute atomic E-state index is 12.0. The summed E-state index contributed by atoms with van der Waals surface area (Å²) < 4.78 is 11.6. The Labute approximate surface area is 142 Å². The monoisotopic (exact) mass is 383 g/mol. The van der Waals surface area contributed by atoms with Crippen LogP contribution in [0.2, 0.25) is 5.02 Å². The first kappa shape index (κ1) is 16.6. The fourth-order valence-corrected chi connectivity index (χ4v) is 2.47. The van der Waals surface area contributed by atoms with Gasteiger partial charge in [0.25, 0.3) is 5.91 Å². The molecule has 1 amide bonds. The summed E-state index contributed by atoms with van der Waals surface area (Å²) in [4.78, 5) is 12.0. The molecule has 0 heterocycles. The van der Waals surface area contributed by atoms with Gasteiger partial charge in [-0.3, -0.25) is 4.79 Å². The Balaban J connectivity index is 2.00. The number of halogens is 2. The molecule has 0 aliphatic rings. The number of hydrogen-bond acceptors (Lipinski definition) is 3. The van der Waals surface area contributed by atoms with E-state index in [1.807, 2.05) is 13.0 Å². The molecule has 0 saturated heterocycles. The van der Waals surface area contributed by atoms with Crippen molar-refractivity contribution in [1.82, 2.24) is 0 Å². The van der Waals surface area contributed by atoms with Gasteiger partial charge in [-0.15, -0.1) is 0 Å². The molecule has 0 unspecified atom stereocenters. The first-order valence-corrected chi connectivity index (χ1v) is 7.69.